The molecule has 2 heterocycles. The molecule has 0 saturated heterocycles. The highest BCUT2D eigenvalue weighted by Crippen LogP contribution is 2.34. The Morgan fingerprint density at radius 2 is 1.65 bits per heavy atom. The summed E-state index contributed by atoms with van der Waals surface area (Å²) in [6.45, 7) is 4.11. The molecule has 3 aromatic carbocycles. The molecule has 0 bridgehead atoms. The second kappa shape index (κ2) is 9.50. The van der Waals surface area contributed by atoms with E-state index in [-0.39, 0.29) is 23.2 Å². The summed E-state index contributed by atoms with van der Waals surface area (Å²) in [5, 5.41) is 2.69. The number of aromatic nitrogens is 1. The zero-order chi connectivity index (χ0) is 26.3. The number of pyridine rings is 1. The molecular weight excluding hydrogens is 482 g/mol. The second-order valence-corrected chi connectivity index (χ2v) is 8.82. The van der Waals surface area contributed by atoms with E-state index < -0.39 is 28.8 Å². The highest BCUT2D eigenvalue weighted by atomic mass is 19.2. The maximum atomic E-state index is 13.6. The molecule has 0 saturated carbocycles. The van der Waals surface area contributed by atoms with Gasteiger partial charge in [0.1, 0.15) is 19.8 Å². The SMILES string of the molecule is Cc1ccc(C(=O)c2cn(CC(=O)Nc3ccc(F)c(F)c3)c3cc4c(cc3c2=O)OCCO4)cc1C. The van der Waals surface area contributed by atoms with Crippen molar-refractivity contribution in [3.63, 3.8) is 0 Å². The van der Waals surface area contributed by atoms with Crippen LogP contribution in [0.4, 0.5) is 14.5 Å². The van der Waals surface area contributed by atoms with Crippen molar-refractivity contribution >= 4 is 28.3 Å². The number of nitrogens with one attached hydrogen (secondary N) is 1. The van der Waals surface area contributed by atoms with Crippen LogP contribution >= 0.6 is 0 Å². The standard InChI is InChI=1S/C28H22F2N2O5/c1-15-3-4-17(9-16(15)2)27(34)20-13-32(14-26(33)31-18-5-6-21(29)22(30)10-18)23-12-25-24(36-7-8-37-25)11-19(23)28(20)35/h3-6,9-13H,7-8,14H2,1-2H3,(H,31,33). The Morgan fingerprint density at radius 3 is 2.35 bits per heavy atom. The van der Waals surface area contributed by atoms with Gasteiger partial charge in [-0.15, -0.1) is 0 Å². The fraction of sp³-hybridized carbons (Fsp3) is 0.179. The van der Waals surface area contributed by atoms with Gasteiger partial charge in [-0.1, -0.05) is 12.1 Å². The van der Waals surface area contributed by atoms with Crippen LogP contribution in [0.1, 0.15) is 27.0 Å². The third kappa shape index (κ3) is 4.67. The van der Waals surface area contributed by atoms with E-state index in [1.807, 2.05) is 13.8 Å². The first-order valence-corrected chi connectivity index (χ1v) is 11.5. The van der Waals surface area contributed by atoms with Gasteiger partial charge < -0.3 is 19.4 Å². The molecule has 5 rings (SSSR count). The number of amides is 1. The third-order valence-corrected chi connectivity index (χ3v) is 6.28. The molecule has 1 aromatic heterocycles. The largest absolute Gasteiger partial charge is 0.486 e. The summed E-state index contributed by atoms with van der Waals surface area (Å²) in [6, 6.07) is 11.3. The summed E-state index contributed by atoms with van der Waals surface area (Å²) in [5.41, 5.74) is 2.04. The number of hydrogen-bond donors (Lipinski definition) is 1. The Kier molecular flexibility index (Phi) is 6.20. The summed E-state index contributed by atoms with van der Waals surface area (Å²) in [4.78, 5) is 39.7. The highest BCUT2D eigenvalue weighted by Gasteiger charge is 2.22. The highest BCUT2D eigenvalue weighted by molar-refractivity contribution is 6.10. The fourth-order valence-electron chi connectivity index (χ4n) is 4.19. The topological polar surface area (TPSA) is 86.6 Å². The van der Waals surface area contributed by atoms with Crippen LogP contribution in [0.15, 0.2) is 59.5 Å². The van der Waals surface area contributed by atoms with Crippen molar-refractivity contribution in [2.75, 3.05) is 18.5 Å². The van der Waals surface area contributed by atoms with Crippen LogP contribution in [0.25, 0.3) is 10.9 Å². The van der Waals surface area contributed by atoms with Crippen molar-refractivity contribution in [3.8, 4) is 11.5 Å². The van der Waals surface area contributed by atoms with E-state index in [1.54, 1.807) is 24.3 Å². The van der Waals surface area contributed by atoms with Crippen LogP contribution in [-0.2, 0) is 11.3 Å². The Labute approximate surface area is 210 Å². The molecule has 4 aromatic rings. The lowest BCUT2D eigenvalue weighted by Crippen LogP contribution is -2.25. The smallest absolute Gasteiger partial charge is 0.244 e. The van der Waals surface area contributed by atoms with Gasteiger partial charge in [-0.25, -0.2) is 8.78 Å². The van der Waals surface area contributed by atoms with E-state index in [0.29, 0.717) is 35.8 Å². The summed E-state index contributed by atoms with van der Waals surface area (Å²) in [5.74, 6) is -2.43. The summed E-state index contributed by atoms with van der Waals surface area (Å²) in [7, 11) is 0. The zero-order valence-electron chi connectivity index (χ0n) is 20.1. The minimum Gasteiger partial charge on any atom is -0.486 e. The van der Waals surface area contributed by atoms with E-state index >= 15 is 0 Å². The Hall–Kier alpha value is -4.53. The quantitative estimate of drug-likeness (QED) is 0.404. The Morgan fingerprint density at radius 1 is 0.919 bits per heavy atom. The average molecular weight is 504 g/mol. The lowest BCUT2D eigenvalue weighted by atomic mass is 9.98. The van der Waals surface area contributed by atoms with Crippen LogP contribution in [0, 0.1) is 25.5 Å². The van der Waals surface area contributed by atoms with Gasteiger partial charge in [-0.3, -0.25) is 14.4 Å². The first-order valence-electron chi connectivity index (χ1n) is 11.5. The molecule has 37 heavy (non-hydrogen) atoms. The van der Waals surface area contributed by atoms with Gasteiger partial charge in [0.25, 0.3) is 0 Å². The maximum Gasteiger partial charge on any atom is 0.244 e. The summed E-state index contributed by atoms with van der Waals surface area (Å²) < 4.78 is 39.6. The molecule has 1 amide bonds. The molecule has 0 atom stereocenters. The summed E-state index contributed by atoms with van der Waals surface area (Å²) in [6.07, 6.45) is 1.34. The molecule has 0 aliphatic carbocycles. The minimum atomic E-state index is -1.10. The van der Waals surface area contributed by atoms with Crippen molar-refractivity contribution in [1.82, 2.24) is 4.57 Å². The molecule has 1 aliphatic rings. The lowest BCUT2D eigenvalue weighted by Gasteiger charge is -2.20. The van der Waals surface area contributed by atoms with E-state index in [2.05, 4.69) is 5.32 Å². The monoisotopic (exact) mass is 504 g/mol. The second-order valence-electron chi connectivity index (χ2n) is 8.82. The van der Waals surface area contributed by atoms with Crippen molar-refractivity contribution in [2.45, 2.75) is 20.4 Å². The Balaban J connectivity index is 1.60. The van der Waals surface area contributed by atoms with Crippen LogP contribution in [-0.4, -0.2) is 29.5 Å². The lowest BCUT2D eigenvalue weighted by molar-refractivity contribution is -0.116. The number of hydrogen-bond acceptors (Lipinski definition) is 5. The van der Waals surface area contributed by atoms with E-state index in [9.17, 15) is 23.2 Å². The number of carbonyl (C=O) groups is 2. The number of anilines is 1. The fourth-order valence-corrected chi connectivity index (χ4v) is 4.19. The normalized spacial score (nSPS) is 12.4. The summed E-state index contributed by atoms with van der Waals surface area (Å²) >= 11 is 0. The third-order valence-electron chi connectivity index (χ3n) is 6.28. The average Bonchev–Trinajstić information content (AvgIpc) is 2.88. The molecule has 1 aliphatic heterocycles. The van der Waals surface area contributed by atoms with Crippen LogP contribution in [0.5, 0.6) is 11.5 Å². The number of fused-ring (bicyclic) bond motifs is 2. The van der Waals surface area contributed by atoms with E-state index in [0.717, 1.165) is 23.3 Å². The molecule has 188 valence electrons. The van der Waals surface area contributed by atoms with Crippen molar-refractivity contribution < 1.29 is 27.8 Å². The number of nitrogens with zero attached hydrogens (tertiary/aromatic N) is 1. The number of benzene rings is 3. The molecule has 9 heteroatoms. The van der Waals surface area contributed by atoms with Gasteiger partial charge in [0.15, 0.2) is 28.9 Å². The number of carbonyl (C=O) groups excluding carboxylic acids is 2. The predicted octanol–water partition coefficient (Wildman–Crippen LogP) is 4.54. The van der Waals surface area contributed by atoms with E-state index in [1.165, 1.54) is 22.9 Å². The van der Waals surface area contributed by atoms with Crippen LogP contribution < -0.4 is 20.2 Å². The molecule has 0 spiro atoms. The number of aryl methyl sites for hydroxylation is 2. The molecule has 0 unspecified atom stereocenters. The van der Waals surface area contributed by atoms with Crippen LogP contribution in [0.3, 0.4) is 0 Å². The van der Waals surface area contributed by atoms with Gasteiger partial charge in [0.05, 0.1) is 16.5 Å². The number of halogens is 2. The maximum absolute atomic E-state index is 13.6. The number of rotatable bonds is 5. The molecule has 7 nitrogen and oxygen atoms in total. The van der Waals surface area contributed by atoms with Gasteiger partial charge in [-0.05, 0) is 49.2 Å². The van der Waals surface area contributed by atoms with Crippen molar-refractivity contribution in [1.29, 1.82) is 0 Å². The van der Waals surface area contributed by atoms with Gasteiger partial charge in [0, 0.05) is 29.6 Å². The molecule has 1 N–H and O–H groups in total. The molecule has 0 radical (unpaired) electrons. The first kappa shape index (κ1) is 24.2. The van der Waals surface area contributed by atoms with Gasteiger partial charge in [-0.2, -0.15) is 0 Å². The molecular formula is C28H22F2N2O5. The van der Waals surface area contributed by atoms with E-state index in [4.69, 9.17) is 9.47 Å². The zero-order valence-corrected chi connectivity index (χ0v) is 20.1. The number of ether oxygens (including phenoxy) is 2. The molecule has 0 fully saturated rings. The number of ketones is 1. The van der Waals surface area contributed by atoms with Gasteiger partial charge >= 0.3 is 0 Å². The van der Waals surface area contributed by atoms with Crippen molar-refractivity contribution in [3.05, 3.63) is 98.8 Å². The van der Waals surface area contributed by atoms with Crippen molar-refractivity contribution in [2.24, 2.45) is 0 Å². The van der Waals surface area contributed by atoms with Crippen LogP contribution in [0.2, 0.25) is 0 Å². The van der Waals surface area contributed by atoms with Gasteiger partial charge in [0.2, 0.25) is 11.3 Å². The first-order chi connectivity index (χ1) is 17.7. The minimum absolute atomic E-state index is 0.0646. The Bertz CT molecular complexity index is 1640. The predicted molar refractivity (Wildman–Crippen MR) is 134 cm³/mol.